The van der Waals surface area contributed by atoms with Gasteiger partial charge in [-0.25, -0.2) is 0 Å². The largest absolute Gasteiger partial charge is 0.353 e. The van der Waals surface area contributed by atoms with Gasteiger partial charge >= 0.3 is 0 Å². The van der Waals surface area contributed by atoms with Crippen LogP contribution in [0.15, 0.2) is 0 Å². The number of carbonyl (C=O) groups is 1. The van der Waals surface area contributed by atoms with Gasteiger partial charge in [0.1, 0.15) is 0 Å². The van der Waals surface area contributed by atoms with Crippen LogP contribution in [-0.2, 0) is 4.79 Å². The summed E-state index contributed by atoms with van der Waals surface area (Å²) in [5, 5.41) is 3.02. The number of hydrogen-bond donors (Lipinski definition) is 1. The molecule has 1 aliphatic rings. The summed E-state index contributed by atoms with van der Waals surface area (Å²) >= 11 is 0. The van der Waals surface area contributed by atoms with Crippen molar-refractivity contribution in [3.63, 3.8) is 0 Å². The molecule has 0 aromatic carbocycles. The third-order valence-corrected chi connectivity index (χ3v) is 2.37. The van der Waals surface area contributed by atoms with Gasteiger partial charge in [-0.2, -0.15) is 0 Å². The van der Waals surface area contributed by atoms with Crippen LogP contribution in [0.25, 0.3) is 0 Å². The Morgan fingerprint density at radius 1 is 1.54 bits per heavy atom. The van der Waals surface area contributed by atoms with Crippen LogP contribution in [0.1, 0.15) is 32.6 Å². The maximum Gasteiger partial charge on any atom is 0.220 e. The molecule has 4 heteroatoms. The van der Waals surface area contributed by atoms with Crippen LogP contribution in [0.2, 0.25) is 0 Å². The minimum Gasteiger partial charge on any atom is -0.353 e. The van der Waals surface area contributed by atoms with Crippen LogP contribution in [0.4, 0.5) is 0 Å². The first-order valence-electron chi connectivity index (χ1n) is 5.01. The van der Waals surface area contributed by atoms with Gasteiger partial charge in [-0.1, -0.05) is 6.92 Å². The smallest absolute Gasteiger partial charge is 0.220 e. The first kappa shape index (κ1) is 10.6. The van der Waals surface area contributed by atoms with Crippen LogP contribution < -0.4 is 5.32 Å². The summed E-state index contributed by atoms with van der Waals surface area (Å²) in [7, 11) is 5.61. The molecular formula is C9H17BN2O. The first-order valence-corrected chi connectivity index (χ1v) is 5.01. The van der Waals surface area contributed by atoms with Gasteiger partial charge in [0.2, 0.25) is 5.91 Å². The van der Waals surface area contributed by atoms with Gasteiger partial charge in [0.15, 0.2) is 7.98 Å². The molecular weight excluding hydrogens is 163 g/mol. The lowest BCUT2D eigenvalue weighted by Gasteiger charge is -2.29. The van der Waals surface area contributed by atoms with Crippen LogP contribution >= 0.6 is 0 Å². The minimum absolute atomic E-state index is 0.179. The van der Waals surface area contributed by atoms with E-state index in [-0.39, 0.29) is 5.91 Å². The Balaban J connectivity index is 2.18. The van der Waals surface area contributed by atoms with Gasteiger partial charge in [0.05, 0.1) is 0 Å². The molecule has 0 bridgehead atoms. The van der Waals surface area contributed by atoms with Crippen molar-refractivity contribution >= 4 is 13.9 Å². The van der Waals surface area contributed by atoms with Crippen LogP contribution in [-0.4, -0.2) is 37.8 Å². The summed E-state index contributed by atoms with van der Waals surface area (Å²) in [5.74, 6) is 0.179. The summed E-state index contributed by atoms with van der Waals surface area (Å²) < 4.78 is 0. The molecule has 0 aliphatic carbocycles. The molecule has 1 heterocycles. The Morgan fingerprint density at radius 3 is 2.69 bits per heavy atom. The van der Waals surface area contributed by atoms with Gasteiger partial charge in [-0.3, -0.25) is 4.79 Å². The van der Waals surface area contributed by atoms with Crippen molar-refractivity contribution in [2.75, 3.05) is 13.1 Å². The zero-order chi connectivity index (χ0) is 9.68. The molecule has 0 aromatic rings. The van der Waals surface area contributed by atoms with E-state index in [4.69, 9.17) is 7.98 Å². The van der Waals surface area contributed by atoms with E-state index < -0.39 is 0 Å². The zero-order valence-corrected chi connectivity index (χ0v) is 8.25. The monoisotopic (exact) mass is 180 g/mol. The highest BCUT2D eigenvalue weighted by atomic mass is 16.1. The molecule has 1 saturated heterocycles. The molecule has 1 N–H and O–H groups in total. The highest BCUT2D eigenvalue weighted by molar-refractivity contribution is 6.04. The molecule has 1 fully saturated rings. The Bertz CT molecular complexity index is 167. The summed E-state index contributed by atoms with van der Waals surface area (Å²) in [5.41, 5.74) is 0. The lowest BCUT2D eigenvalue weighted by atomic mass is 10.0. The fraction of sp³-hybridized carbons (Fsp3) is 0.889. The average Bonchev–Trinajstić information content (AvgIpc) is 2.09. The standard InChI is InChI=1S/C9H17BN2O/c1-2-3-9(13)11-8-4-6-12(10)7-5-8/h8H,2-7H2,1H3,(H,11,13). The molecule has 2 radical (unpaired) electrons. The predicted octanol–water partition coefficient (Wildman–Crippen LogP) is 0.451. The van der Waals surface area contributed by atoms with Crippen molar-refractivity contribution in [2.24, 2.45) is 0 Å². The third-order valence-electron chi connectivity index (χ3n) is 2.37. The fourth-order valence-corrected chi connectivity index (χ4v) is 1.57. The Kier molecular flexibility index (Phi) is 4.29. The lowest BCUT2D eigenvalue weighted by Crippen LogP contribution is -2.43. The molecule has 0 atom stereocenters. The normalized spacial score (nSPS) is 20.1. The second kappa shape index (κ2) is 5.27. The summed E-state index contributed by atoms with van der Waals surface area (Å²) in [4.78, 5) is 13.0. The number of carbonyl (C=O) groups excluding carboxylic acids is 1. The molecule has 0 saturated carbocycles. The fourth-order valence-electron chi connectivity index (χ4n) is 1.57. The van der Waals surface area contributed by atoms with Gasteiger partial charge in [-0.15, -0.1) is 0 Å². The van der Waals surface area contributed by atoms with E-state index in [0.717, 1.165) is 32.4 Å². The van der Waals surface area contributed by atoms with Crippen molar-refractivity contribution in [3.05, 3.63) is 0 Å². The Hall–Kier alpha value is -0.505. The molecule has 3 nitrogen and oxygen atoms in total. The molecule has 1 rings (SSSR count). The summed E-state index contributed by atoms with van der Waals surface area (Å²) in [6.07, 6.45) is 3.52. The quantitative estimate of drug-likeness (QED) is 0.639. The van der Waals surface area contributed by atoms with Gasteiger partial charge in [0.25, 0.3) is 0 Å². The second-order valence-electron chi connectivity index (χ2n) is 3.63. The van der Waals surface area contributed by atoms with E-state index in [1.54, 1.807) is 0 Å². The maximum absolute atomic E-state index is 11.2. The number of nitrogens with zero attached hydrogens (tertiary/aromatic N) is 1. The van der Waals surface area contributed by atoms with E-state index >= 15 is 0 Å². The van der Waals surface area contributed by atoms with E-state index in [0.29, 0.717) is 12.5 Å². The predicted molar refractivity (Wildman–Crippen MR) is 53.4 cm³/mol. The topological polar surface area (TPSA) is 32.3 Å². The number of rotatable bonds is 3. The first-order chi connectivity index (χ1) is 6.22. The SMILES string of the molecule is [B]N1CCC(NC(=O)CCC)CC1. The van der Waals surface area contributed by atoms with E-state index in [2.05, 4.69) is 5.32 Å². The highest BCUT2D eigenvalue weighted by Crippen LogP contribution is 2.07. The summed E-state index contributed by atoms with van der Waals surface area (Å²) in [6, 6.07) is 0.346. The number of nitrogens with one attached hydrogen (secondary N) is 1. The molecule has 13 heavy (non-hydrogen) atoms. The molecule has 1 amide bonds. The third kappa shape index (κ3) is 3.81. The van der Waals surface area contributed by atoms with Crippen molar-refractivity contribution in [3.8, 4) is 0 Å². The van der Waals surface area contributed by atoms with Gasteiger partial charge < -0.3 is 10.1 Å². The van der Waals surface area contributed by atoms with E-state index in [1.807, 2.05) is 11.7 Å². The average molecular weight is 180 g/mol. The van der Waals surface area contributed by atoms with Crippen LogP contribution in [0, 0.1) is 0 Å². The Morgan fingerprint density at radius 2 is 2.15 bits per heavy atom. The maximum atomic E-state index is 11.2. The number of piperidine rings is 1. The van der Waals surface area contributed by atoms with E-state index in [9.17, 15) is 4.79 Å². The van der Waals surface area contributed by atoms with Crippen molar-refractivity contribution in [2.45, 2.75) is 38.6 Å². The van der Waals surface area contributed by atoms with Crippen molar-refractivity contribution in [1.29, 1.82) is 0 Å². The van der Waals surface area contributed by atoms with E-state index in [1.165, 1.54) is 0 Å². The minimum atomic E-state index is 0.179. The molecule has 72 valence electrons. The number of amides is 1. The van der Waals surface area contributed by atoms with Crippen LogP contribution in [0.3, 0.4) is 0 Å². The van der Waals surface area contributed by atoms with Crippen LogP contribution in [0.5, 0.6) is 0 Å². The molecule has 0 aromatic heterocycles. The lowest BCUT2D eigenvalue weighted by molar-refractivity contribution is -0.122. The molecule has 1 aliphatic heterocycles. The number of hydrogen-bond acceptors (Lipinski definition) is 2. The zero-order valence-electron chi connectivity index (χ0n) is 8.25. The van der Waals surface area contributed by atoms with Crippen molar-refractivity contribution in [1.82, 2.24) is 10.1 Å². The van der Waals surface area contributed by atoms with Crippen molar-refractivity contribution < 1.29 is 4.79 Å². The second-order valence-corrected chi connectivity index (χ2v) is 3.63. The molecule has 0 unspecified atom stereocenters. The van der Waals surface area contributed by atoms with Gasteiger partial charge in [0, 0.05) is 12.5 Å². The summed E-state index contributed by atoms with van der Waals surface area (Å²) in [6.45, 7) is 3.79. The highest BCUT2D eigenvalue weighted by Gasteiger charge is 2.17. The van der Waals surface area contributed by atoms with Gasteiger partial charge in [-0.05, 0) is 32.4 Å². The Labute approximate surface area is 81.3 Å². The molecule has 0 spiro atoms.